The quantitative estimate of drug-likeness (QED) is 0.884. The number of hydrogen-bond donors (Lipinski definition) is 2. The molecule has 0 radical (unpaired) electrons. The van der Waals surface area contributed by atoms with Gasteiger partial charge in [0.1, 0.15) is 0 Å². The molecule has 0 aromatic heterocycles. The average molecular weight is 332 g/mol. The molecule has 0 aliphatic heterocycles. The summed E-state index contributed by atoms with van der Waals surface area (Å²) in [5, 5.41) is 1.72. The maximum absolute atomic E-state index is 12.7. The number of benzene rings is 2. The summed E-state index contributed by atoms with van der Waals surface area (Å²) < 4.78 is 28.2. The van der Waals surface area contributed by atoms with Crippen LogP contribution in [0.2, 0.25) is 0 Å². The fourth-order valence-corrected chi connectivity index (χ4v) is 4.75. The molecule has 0 amide bonds. The molecule has 0 heterocycles. The SMILES string of the molecule is NCC1CCC(CNS(=O)(=O)c2cccc3ccccc23)CC1. The zero-order valence-corrected chi connectivity index (χ0v) is 14.1. The second kappa shape index (κ2) is 6.99. The molecular formula is C18H24N2O2S. The molecule has 1 aliphatic carbocycles. The molecule has 1 aliphatic rings. The van der Waals surface area contributed by atoms with E-state index >= 15 is 0 Å². The van der Waals surface area contributed by atoms with E-state index in [0.29, 0.717) is 23.3 Å². The lowest BCUT2D eigenvalue weighted by atomic mass is 9.82. The Morgan fingerprint density at radius 2 is 1.61 bits per heavy atom. The van der Waals surface area contributed by atoms with E-state index in [9.17, 15) is 8.42 Å². The van der Waals surface area contributed by atoms with Crippen LogP contribution in [0.1, 0.15) is 25.7 Å². The van der Waals surface area contributed by atoms with Crippen LogP contribution < -0.4 is 10.5 Å². The van der Waals surface area contributed by atoms with Gasteiger partial charge in [0.05, 0.1) is 4.90 Å². The van der Waals surface area contributed by atoms with Gasteiger partial charge >= 0.3 is 0 Å². The Hall–Kier alpha value is -1.43. The minimum absolute atomic E-state index is 0.367. The Balaban J connectivity index is 1.72. The van der Waals surface area contributed by atoms with Gasteiger partial charge < -0.3 is 5.73 Å². The third kappa shape index (κ3) is 3.74. The van der Waals surface area contributed by atoms with Crippen LogP contribution in [-0.4, -0.2) is 21.5 Å². The number of hydrogen-bond acceptors (Lipinski definition) is 3. The van der Waals surface area contributed by atoms with Crippen LogP contribution in [0.25, 0.3) is 10.8 Å². The number of nitrogens with two attached hydrogens (primary N) is 1. The topological polar surface area (TPSA) is 72.2 Å². The highest BCUT2D eigenvalue weighted by Gasteiger charge is 2.23. The standard InChI is InChI=1S/C18H24N2O2S/c19-12-14-8-10-15(11-9-14)13-20-23(21,22)18-7-3-5-16-4-1-2-6-17(16)18/h1-7,14-15,20H,8-13,19H2. The average Bonchev–Trinajstić information content (AvgIpc) is 2.60. The van der Waals surface area contributed by atoms with Gasteiger partial charge in [0.2, 0.25) is 10.0 Å². The van der Waals surface area contributed by atoms with Crippen molar-refractivity contribution in [3.05, 3.63) is 42.5 Å². The van der Waals surface area contributed by atoms with Crippen molar-refractivity contribution < 1.29 is 8.42 Å². The fourth-order valence-electron chi connectivity index (χ4n) is 3.41. The van der Waals surface area contributed by atoms with Crippen molar-refractivity contribution in [1.82, 2.24) is 4.72 Å². The van der Waals surface area contributed by atoms with Crippen molar-refractivity contribution in [3.8, 4) is 0 Å². The Labute approximate surface area is 138 Å². The predicted octanol–water partition coefficient (Wildman–Crippen LogP) is 2.88. The lowest BCUT2D eigenvalue weighted by molar-refractivity contribution is 0.280. The zero-order valence-electron chi connectivity index (χ0n) is 13.2. The summed E-state index contributed by atoms with van der Waals surface area (Å²) in [6.45, 7) is 1.26. The highest BCUT2D eigenvalue weighted by Crippen LogP contribution is 2.28. The van der Waals surface area contributed by atoms with Gasteiger partial charge in [0.15, 0.2) is 0 Å². The predicted molar refractivity (Wildman–Crippen MR) is 93.6 cm³/mol. The minimum Gasteiger partial charge on any atom is -0.330 e. The lowest BCUT2D eigenvalue weighted by Crippen LogP contribution is -2.32. The van der Waals surface area contributed by atoms with Crippen molar-refractivity contribution >= 4 is 20.8 Å². The summed E-state index contributed by atoms with van der Waals surface area (Å²) in [7, 11) is -3.48. The molecule has 0 atom stereocenters. The maximum atomic E-state index is 12.7. The number of rotatable bonds is 5. The summed E-state index contributed by atoms with van der Waals surface area (Å²) in [4.78, 5) is 0.367. The molecule has 0 unspecified atom stereocenters. The van der Waals surface area contributed by atoms with Crippen LogP contribution in [-0.2, 0) is 10.0 Å². The third-order valence-corrected chi connectivity index (χ3v) is 6.38. The molecule has 23 heavy (non-hydrogen) atoms. The summed E-state index contributed by atoms with van der Waals surface area (Å²) in [5.41, 5.74) is 5.71. The van der Waals surface area contributed by atoms with Crippen LogP contribution >= 0.6 is 0 Å². The van der Waals surface area contributed by atoms with Gasteiger partial charge in [0.25, 0.3) is 0 Å². The molecule has 0 spiro atoms. The van der Waals surface area contributed by atoms with Crippen LogP contribution in [0.4, 0.5) is 0 Å². The molecule has 0 saturated heterocycles. The summed E-state index contributed by atoms with van der Waals surface area (Å²) >= 11 is 0. The molecule has 1 fully saturated rings. The molecule has 4 nitrogen and oxygen atoms in total. The highest BCUT2D eigenvalue weighted by atomic mass is 32.2. The van der Waals surface area contributed by atoms with Gasteiger partial charge in [0, 0.05) is 11.9 Å². The monoisotopic (exact) mass is 332 g/mol. The molecule has 3 rings (SSSR count). The van der Waals surface area contributed by atoms with Crippen LogP contribution in [0.3, 0.4) is 0 Å². The molecule has 2 aromatic carbocycles. The number of sulfonamides is 1. The number of nitrogens with one attached hydrogen (secondary N) is 1. The van der Waals surface area contributed by atoms with E-state index in [-0.39, 0.29) is 0 Å². The molecule has 2 aromatic rings. The normalized spacial score (nSPS) is 22.3. The Kier molecular flexibility index (Phi) is 4.99. The van der Waals surface area contributed by atoms with Crippen molar-refractivity contribution in [3.63, 3.8) is 0 Å². The van der Waals surface area contributed by atoms with Gasteiger partial charge in [-0.25, -0.2) is 13.1 Å². The first-order chi connectivity index (χ1) is 11.1. The molecule has 0 bridgehead atoms. The maximum Gasteiger partial charge on any atom is 0.241 e. The van der Waals surface area contributed by atoms with E-state index in [1.165, 1.54) is 0 Å². The van der Waals surface area contributed by atoms with E-state index in [1.807, 2.05) is 30.3 Å². The highest BCUT2D eigenvalue weighted by molar-refractivity contribution is 7.89. The van der Waals surface area contributed by atoms with E-state index < -0.39 is 10.0 Å². The molecule has 124 valence electrons. The van der Waals surface area contributed by atoms with Crippen molar-refractivity contribution in [2.45, 2.75) is 30.6 Å². The molecular weight excluding hydrogens is 308 g/mol. The van der Waals surface area contributed by atoms with Crippen LogP contribution in [0.5, 0.6) is 0 Å². The largest absolute Gasteiger partial charge is 0.330 e. The smallest absolute Gasteiger partial charge is 0.241 e. The Morgan fingerprint density at radius 1 is 0.957 bits per heavy atom. The van der Waals surface area contributed by atoms with Gasteiger partial charge in [-0.2, -0.15) is 0 Å². The molecule has 5 heteroatoms. The Morgan fingerprint density at radius 3 is 2.35 bits per heavy atom. The second-order valence-corrected chi connectivity index (χ2v) is 8.19. The van der Waals surface area contributed by atoms with Gasteiger partial charge in [-0.15, -0.1) is 0 Å². The molecule has 1 saturated carbocycles. The van der Waals surface area contributed by atoms with Gasteiger partial charge in [-0.3, -0.25) is 0 Å². The summed E-state index contributed by atoms with van der Waals surface area (Å²) in [6.07, 6.45) is 4.33. The zero-order chi connectivity index (χ0) is 16.3. The van der Waals surface area contributed by atoms with E-state index in [4.69, 9.17) is 5.73 Å². The summed E-state index contributed by atoms with van der Waals surface area (Å²) in [6, 6.07) is 13.0. The first-order valence-electron chi connectivity index (χ1n) is 8.27. The first kappa shape index (κ1) is 16.4. The minimum atomic E-state index is -3.48. The Bertz CT molecular complexity index is 760. The van der Waals surface area contributed by atoms with Crippen molar-refractivity contribution in [1.29, 1.82) is 0 Å². The van der Waals surface area contributed by atoms with E-state index in [1.54, 1.807) is 12.1 Å². The van der Waals surface area contributed by atoms with Crippen molar-refractivity contribution in [2.75, 3.05) is 13.1 Å². The van der Waals surface area contributed by atoms with E-state index in [0.717, 1.165) is 43.0 Å². The third-order valence-electron chi connectivity index (χ3n) is 4.90. The summed E-state index contributed by atoms with van der Waals surface area (Å²) in [5.74, 6) is 1.03. The van der Waals surface area contributed by atoms with Crippen LogP contribution in [0.15, 0.2) is 47.4 Å². The number of fused-ring (bicyclic) bond motifs is 1. The van der Waals surface area contributed by atoms with Gasteiger partial charge in [-0.05, 0) is 55.5 Å². The fraction of sp³-hybridized carbons (Fsp3) is 0.444. The van der Waals surface area contributed by atoms with Crippen LogP contribution in [0, 0.1) is 11.8 Å². The van der Waals surface area contributed by atoms with E-state index in [2.05, 4.69) is 4.72 Å². The molecule has 3 N–H and O–H groups in total. The van der Waals surface area contributed by atoms with Gasteiger partial charge in [-0.1, -0.05) is 36.4 Å². The second-order valence-electron chi connectivity index (χ2n) is 6.45. The first-order valence-corrected chi connectivity index (χ1v) is 9.76. The van der Waals surface area contributed by atoms with Crippen molar-refractivity contribution in [2.24, 2.45) is 17.6 Å². The lowest BCUT2D eigenvalue weighted by Gasteiger charge is -2.27.